The molecule has 77 heavy (non-hydrogen) atoms. The summed E-state index contributed by atoms with van der Waals surface area (Å²) in [5.74, 6) is -5.62. The molecule has 0 saturated carbocycles. The quantitative estimate of drug-likeness (QED) is 0.0410. The third-order valence-electron chi connectivity index (χ3n) is 17.0. The van der Waals surface area contributed by atoms with E-state index < -0.39 is 45.5 Å². The molecule has 0 aliphatic rings. The van der Waals surface area contributed by atoms with Crippen molar-refractivity contribution in [2.45, 2.75) is 316 Å². The molecule has 0 amide bonds. The van der Waals surface area contributed by atoms with Crippen LogP contribution in [0.2, 0.25) is 0 Å². The number of carboxylic acids is 4. The first kappa shape index (κ1) is 83.1. The van der Waals surface area contributed by atoms with Gasteiger partial charge in [-0.15, -0.1) is 0 Å². The van der Waals surface area contributed by atoms with E-state index in [2.05, 4.69) is 55.4 Å². The van der Waals surface area contributed by atoms with Crippen molar-refractivity contribution in [3.63, 3.8) is 0 Å². The van der Waals surface area contributed by atoms with Crippen molar-refractivity contribution >= 4 is 47.0 Å². The van der Waals surface area contributed by atoms with E-state index in [4.69, 9.17) is 0 Å². The predicted octanol–water partition coefficient (Wildman–Crippen LogP) is 12.4. The molecule has 12 nitrogen and oxygen atoms in total. The molecular formula is C64H116O12Ti. The standard InChI is InChI=1S/4C16H30O3.Ti/c4*1-5-9-11-13(12-10-6-2)14(17)16(7-3,8-4)15(18)19;/h4*13H,5-12H2,1-4H3,(H,18,19);/q;;;;+4/p-4. The first-order valence-electron chi connectivity index (χ1n) is 31.0. The molecule has 0 radical (unpaired) electrons. The maximum atomic E-state index is 12.7. The second kappa shape index (κ2) is 48.0. The largest absolute Gasteiger partial charge is 4.00 e. The van der Waals surface area contributed by atoms with Gasteiger partial charge in [0.05, 0.1) is 45.5 Å². The van der Waals surface area contributed by atoms with Crippen molar-refractivity contribution in [2.75, 3.05) is 0 Å². The molecule has 0 aliphatic heterocycles. The smallest absolute Gasteiger partial charge is 0.549 e. The van der Waals surface area contributed by atoms with Gasteiger partial charge < -0.3 is 39.6 Å². The molecule has 0 bridgehead atoms. The summed E-state index contributed by atoms with van der Waals surface area (Å²) in [5, 5.41) is 45.8. The number of aliphatic carboxylic acids is 4. The summed E-state index contributed by atoms with van der Waals surface area (Å²) < 4.78 is 0. The Bertz CT molecular complexity index is 1330. The fourth-order valence-corrected chi connectivity index (χ4v) is 10.7. The van der Waals surface area contributed by atoms with Crippen LogP contribution in [0.3, 0.4) is 0 Å². The monoisotopic (exact) mass is 1120 g/mol. The van der Waals surface area contributed by atoms with E-state index in [-0.39, 0.29) is 68.5 Å². The van der Waals surface area contributed by atoms with Gasteiger partial charge in [0, 0.05) is 23.7 Å². The number of carboxylic acid groups (broad SMARTS) is 4. The molecule has 0 unspecified atom stereocenters. The van der Waals surface area contributed by atoms with Crippen molar-refractivity contribution in [1.29, 1.82) is 0 Å². The van der Waals surface area contributed by atoms with Crippen molar-refractivity contribution < 1.29 is 80.5 Å². The Morgan fingerprint density at radius 1 is 0.247 bits per heavy atom. The van der Waals surface area contributed by atoms with Crippen LogP contribution in [0.15, 0.2) is 0 Å². The summed E-state index contributed by atoms with van der Waals surface area (Å²) in [6.45, 7) is 30.9. The molecule has 0 spiro atoms. The molecular weight excluding hydrogens is 1010 g/mol. The Kier molecular flexibility index (Phi) is 51.8. The molecule has 0 rings (SSSR count). The molecule has 0 heterocycles. The number of Topliss-reactive ketones (excluding diaryl/α,β-unsaturated/α-hetero) is 4. The van der Waals surface area contributed by atoms with Crippen LogP contribution >= 0.6 is 0 Å². The SMILES string of the molecule is CCCCC(CCCC)C(=O)C(CC)(CC)C(=O)[O-].CCCCC(CCCC)C(=O)C(CC)(CC)C(=O)[O-].CCCCC(CCCC)C(=O)C(CC)(CC)C(=O)[O-].CCCCC(CCCC)C(=O)C(CC)(CC)C(=O)[O-].[Ti+4]. The Hall–Kier alpha value is -2.73. The van der Waals surface area contributed by atoms with Gasteiger partial charge in [0.2, 0.25) is 0 Å². The Balaban J connectivity index is -0.000000298. The topological polar surface area (TPSA) is 229 Å². The van der Waals surface area contributed by atoms with Crippen LogP contribution in [0.5, 0.6) is 0 Å². The minimum absolute atomic E-state index is 0. The average molecular weight is 1130 g/mol. The molecule has 0 aromatic heterocycles. The van der Waals surface area contributed by atoms with Gasteiger partial charge in [0.25, 0.3) is 0 Å². The Labute approximate surface area is 486 Å². The molecule has 0 fully saturated rings. The van der Waals surface area contributed by atoms with Crippen molar-refractivity contribution in [3.8, 4) is 0 Å². The first-order chi connectivity index (χ1) is 36.0. The number of carbonyl (C=O) groups excluding carboxylic acids is 8. The summed E-state index contributed by atoms with van der Waals surface area (Å²) in [7, 11) is 0. The summed E-state index contributed by atoms with van der Waals surface area (Å²) in [6.07, 6.45) is 25.3. The van der Waals surface area contributed by atoms with Gasteiger partial charge >= 0.3 is 21.7 Å². The van der Waals surface area contributed by atoms with Gasteiger partial charge in [-0.3, -0.25) is 19.2 Å². The van der Waals surface area contributed by atoms with Crippen molar-refractivity contribution in [3.05, 3.63) is 0 Å². The summed E-state index contributed by atoms with van der Waals surface area (Å²) >= 11 is 0. The van der Waals surface area contributed by atoms with Crippen molar-refractivity contribution in [2.24, 2.45) is 45.3 Å². The number of rotatable bonds is 44. The molecule has 0 N–H and O–H groups in total. The van der Waals surface area contributed by atoms with E-state index in [1.165, 1.54) is 0 Å². The number of ketones is 4. The average Bonchev–Trinajstić information content (AvgIpc) is 3.40. The fraction of sp³-hybridized carbons (Fsp3) is 0.875. The zero-order chi connectivity index (χ0) is 59.6. The maximum Gasteiger partial charge on any atom is 4.00 e. The predicted molar refractivity (Wildman–Crippen MR) is 302 cm³/mol. The van der Waals surface area contributed by atoms with Gasteiger partial charge in [-0.2, -0.15) is 0 Å². The van der Waals surface area contributed by atoms with Crippen LogP contribution in [0.1, 0.15) is 316 Å². The second-order valence-electron chi connectivity index (χ2n) is 21.7. The molecule has 0 saturated heterocycles. The Morgan fingerprint density at radius 3 is 0.416 bits per heavy atom. The van der Waals surface area contributed by atoms with Gasteiger partial charge in [-0.05, 0) is 103 Å². The first-order valence-corrected chi connectivity index (χ1v) is 31.0. The third-order valence-corrected chi connectivity index (χ3v) is 17.0. The van der Waals surface area contributed by atoms with E-state index in [1.807, 2.05) is 0 Å². The van der Waals surface area contributed by atoms with Crippen LogP contribution in [0.25, 0.3) is 0 Å². The van der Waals surface area contributed by atoms with Gasteiger partial charge in [0.1, 0.15) is 23.1 Å². The molecule has 0 aromatic carbocycles. The van der Waals surface area contributed by atoms with Crippen LogP contribution < -0.4 is 20.4 Å². The van der Waals surface area contributed by atoms with Gasteiger partial charge in [-0.1, -0.05) is 214 Å². The van der Waals surface area contributed by atoms with Crippen LogP contribution in [0, 0.1) is 45.3 Å². The van der Waals surface area contributed by atoms with E-state index >= 15 is 0 Å². The van der Waals surface area contributed by atoms with Gasteiger partial charge in [0.15, 0.2) is 0 Å². The molecule has 0 atom stereocenters. The summed E-state index contributed by atoms with van der Waals surface area (Å²) in [4.78, 5) is 96.4. The number of hydrogen-bond donors (Lipinski definition) is 0. The van der Waals surface area contributed by atoms with Crippen molar-refractivity contribution in [1.82, 2.24) is 0 Å². The molecule has 0 aliphatic carbocycles. The van der Waals surface area contributed by atoms with Crippen LogP contribution in [-0.2, 0) is 60.1 Å². The van der Waals surface area contributed by atoms with E-state index in [1.54, 1.807) is 55.4 Å². The minimum Gasteiger partial charge on any atom is -0.549 e. The number of carbonyl (C=O) groups is 8. The zero-order valence-corrected chi connectivity index (χ0v) is 53.9. The van der Waals surface area contributed by atoms with Gasteiger partial charge in [-0.25, -0.2) is 0 Å². The molecule has 13 heteroatoms. The zero-order valence-electron chi connectivity index (χ0n) is 52.3. The molecule has 448 valence electrons. The molecule has 0 aromatic rings. The van der Waals surface area contributed by atoms with E-state index in [0.29, 0.717) is 51.4 Å². The second-order valence-corrected chi connectivity index (χ2v) is 21.7. The normalized spacial score (nSPS) is 11.7. The number of unbranched alkanes of at least 4 members (excludes halogenated alkanes) is 8. The van der Waals surface area contributed by atoms with E-state index in [0.717, 1.165) is 154 Å². The summed E-state index contributed by atoms with van der Waals surface area (Å²) in [6, 6.07) is 0. The fourth-order valence-electron chi connectivity index (χ4n) is 10.7. The van der Waals surface area contributed by atoms with E-state index in [9.17, 15) is 58.8 Å². The number of hydrogen-bond acceptors (Lipinski definition) is 12. The third kappa shape index (κ3) is 27.1. The minimum atomic E-state index is -1.27. The summed E-state index contributed by atoms with van der Waals surface area (Å²) in [5.41, 5.74) is -5.09. The van der Waals surface area contributed by atoms with Crippen LogP contribution in [-0.4, -0.2) is 47.0 Å². The Morgan fingerprint density at radius 2 is 0.351 bits per heavy atom. The maximum absolute atomic E-state index is 12.7. The van der Waals surface area contributed by atoms with Crippen LogP contribution in [0.4, 0.5) is 0 Å².